The fourth-order valence-electron chi connectivity index (χ4n) is 1.01. The predicted octanol–water partition coefficient (Wildman–Crippen LogP) is 0.963. The van der Waals surface area contributed by atoms with Crippen molar-refractivity contribution in [2.24, 2.45) is 5.73 Å². The summed E-state index contributed by atoms with van der Waals surface area (Å²) in [5, 5.41) is 8.42. The predicted molar refractivity (Wildman–Crippen MR) is 51.5 cm³/mol. The highest BCUT2D eigenvalue weighted by atomic mass is 16.5. The molecule has 0 saturated heterocycles. The van der Waals surface area contributed by atoms with E-state index in [9.17, 15) is 4.79 Å². The van der Waals surface area contributed by atoms with Gasteiger partial charge in [0.1, 0.15) is 6.23 Å². The molecule has 14 heavy (non-hydrogen) atoms. The quantitative estimate of drug-likeness (QED) is 0.686. The fraction of sp³-hybridized carbons (Fsp3) is 0.300. The Morgan fingerprint density at radius 2 is 2.07 bits per heavy atom. The smallest absolute Gasteiger partial charge is 0.307 e. The van der Waals surface area contributed by atoms with Gasteiger partial charge in [-0.3, -0.25) is 4.79 Å². The number of carboxylic acids is 1. The van der Waals surface area contributed by atoms with Crippen molar-refractivity contribution in [3.63, 3.8) is 0 Å². The third-order valence-corrected chi connectivity index (χ3v) is 1.68. The second-order valence-corrected chi connectivity index (χ2v) is 2.93. The maximum Gasteiger partial charge on any atom is 0.307 e. The lowest BCUT2D eigenvalue weighted by Gasteiger charge is -2.10. The highest BCUT2D eigenvalue weighted by molar-refractivity contribution is 5.67. The molecule has 0 radical (unpaired) electrons. The highest BCUT2D eigenvalue weighted by Crippen LogP contribution is 2.02. The Bertz CT molecular complexity index is 287. The van der Waals surface area contributed by atoms with Crippen LogP contribution in [-0.2, 0) is 16.1 Å². The zero-order valence-corrected chi connectivity index (χ0v) is 7.72. The van der Waals surface area contributed by atoms with Gasteiger partial charge in [-0.2, -0.15) is 0 Å². The minimum Gasteiger partial charge on any atom is -0.481 e. The molecule has 0 heterocycles. The van der Waals surface area contributed by atoms with Gasteiger partial charge < -0.3 is 15.6 Å². The van der Waals surface area contributed by atoms with E-state index in [1.807, 2.05) is 30.3 Å². The Morgan fingerprint density at radius 1 is 1.43 bits per heavy atom. The van der Waals surface area contributed by atoms with Gasteiger partial charge in [0.15, 0.2) is 0 Å². The zero-order chi connectivity index (χ0) is 10.4. The van der Waals surface area contributed by atoms with Crippen LogP contribution in [0.4, 0.5) is 0 Å². The number of carbonyl (C=O) groups is 1. The van der Waals surface area contributed by atoms with Crippen LogP contribution in [0.2, 0.25) is 0 Å². The first-order valence-electron chi connectivity index (χ1n) is 4.31. The Kier molecular flexibility index (Phi) is 4.10. The van der Waals surface area contributed by atoms with Crippen molar-refractivity contribution in [1.82, 2.24) is 0 Å². The fourth-order valence-corrected chi connectivity index (χ4v) is 1.01. The first-order valence-corrected chi connectivity index (χ1v) is 4.31. The summed E-state index contributed by atoms with van der Waals surface area (Å²) in [4.78, 5) is 10.3. The molecule has 0 aliphatic carbocycles. The molecule has 1 rings (SSSR count). The number of ether oxygens (including phenoxy) is 1. The summed E-state index contributed by atoms with van der Waals surface area (Å²) in [5.41, 5.74) is 6.40. The van der Waals surface area contributed by atoms with Crippen LogP contribution in [0, 0.1) is 0 Å². The van der Waals surface area contributed by atoms with E-state index in [-0.39, 0.29) is 6.42 Å². The lowest BCUT2D eigenvalue weighted by molar-refractivity contribution is -0.140. The van der Waals surface area contributed by atoms with Crippen LogP contribution in [-0.4, -0.2) is 17.3 Å². The Balaban J connectivity index is 2.30. The van der Waals surface area contributed by atoms with Crippen molar-refractivity contribution < 1.29 is 14.6 Å². The maximum atomic E-state index is 10.3. The van der Waals surface area contributed by atoms with Gasteiger partial charge in [-0.05, 0) is 5.56 Å². The summed E-state index contributed by atoms with van der Waals surface area (Å²) in [5.74, 6) is -0.953. The normalized spacial score (nSPS) is 12.4. The van der Waals surface area contributed by atoms with Crippen molar-refractivity contribution in [2.75, 3.05) is 0 Å². The number of hydrogen-bond acceptors (Lipinski definition) is 3. The molecule has 0 spiro atoms. The van der Waals surface area contributed by atoms with Crippen molar-refractivity contribution in [3.8, 4) is 0 Å². The maximum absolute atomic E-state index is 10.3. The minimum atomic E-state index is -0.953. The molecule has 4 heteroatoms. The van der Waals surface area contributed by atoms with E-state index in [0.29, 0.717) is 6.61 Å². The third kappa shape index (κ3) is 4.02. The van der Waals surface area contributed by atoms with Gasteiger partial charge in [0.2, 0.25) is 0 Å². The molecule has 0 aromatic heterocycles. The SMILES string of the molecule is NC(CC(=O)O)OCc1ccccc1. The van der Waals surface area contributed by atoms with Gasteiger partial charge in [-0.1, -0.05) is 30.3 Å². The van der Waals surface area contributed by atoms with Gasteiger partial charge in [-0.15, -0.1) is 0 Å². The summed E-state index contributed by atoms with van der Waals surface area (Å²) < 4.78 is 5.14. The van der Waals surface area contributed by atoms with Crippen LogP contribution in [0.15, 0.2) is 30.3 Å². The average Bonchev–Trinajstić information content (AvgIpc) is 2.15. The van der Waals surface area contributed by atoms with Crippen LogP contribution in [0.25, 0.3) is 0 Å². The van der Waals surface area contributed by atoms with E-state index in [1.54, 1.807) is 0 Å². The first kappa shape index (κ1) is 10.7. The number of carboxylic acid groups (broad SMARTS) is 1. The van der Waals surface area contributed by atoms with Gasteiger partial charge in [0, 0.05) is 0 Å². The van der Waals surface area contributed by atoms with E-state index in [1.165, 1.54) is 0 Å². The Hall–Kier alpha value is -1.39. The molecule has 4 nitrogen and oxygen atoms in total. The lowest BCUT2D eigenvalue weighted by Crippen LogP contribution is -2.26. The molecular formula is C10H13NO3. The second-order valence-electron chi connectivity index (χ2n) is 2.93. The van der Waals surface area contributed by atoms with E-state index in [2.05, 4.69) is 0 Å². The van der Waals surface area contributed by atoms with Gasteiger partial charge in [-0.25, -0.2) is 0 Å². The molecule has 1 aromatic carbocycles. The molecule has 1 atom stereocenters. The molecule has 1 aromatic rings. The van der Waals surface area contributed by atoms with Gasteiger partial charge >= 0.3 is 5.97 Å². The van der Waals surface area contributed by atoms with E-state index in [0.717, 1.165) is 5.56 Å². The number of benzene rings is 1. The summed E-state index contributed by atoms with van der Waals surface area (Å²) in [6.45, 7) is 0.343. The summed E-state index contributed by atoms with van der Waals surface area (Å²) in [6.07, 6.45) is -0.917. The van der Waals surface area contributed by atoms with Crippen molar-refractivity contribution in [2.45, 2.75) is 19.3 Å². The van der Waals surface area contributed by atoms with Crippen LogP contribution >= 0.6 is 0 Å². The number of aliphatic carboxylic acids is 1. The van der Waals surface area contributed by atoms with Crippen molar-refractivity contribution in [1.29, 1.82) is 0 Å². The number of rotatable bonds is 5. The molecule has 0 fully saturated rings. The molecule has 0 saturated carbocycles. The third-order valence-electron chi connectivity index (χ3n) is 1.68. The number of nitrogens with two attached hydrogens (primary N) is 1. The number of hydrogen-bond donors (Lipinski definition) is 2. The molecule has 1 unspecified atom stereocenters. The lowest BCUT2D eigenvalue weighted by atomic mass is 10.2. The average molecular weight is 195 g/mol. The molecule has 0 bridgehead atoms. The standard InChI is InChI=1S/C10H13NO3/c11-9(6-10(12)13)14-7-8-4-2-1-3-5-8/h1-5,9H,6-7,11H2,(H,12,13). The Labute approximate surface area is 82.3 Å². The van der Waals surface area contributed by atoms with Crippen LogP contribution in [0.5, 0.6) is 0 Å². The first-order chi connectivity index (χ1) is 6.68. The minimum absolute atomic E-state index is 0.174. The summed E-state index contributed by atoms with van der Waals surface area (Å²) in [7, 11) is 0. The second kappa shape index (κ2) is 5.36. The van der Waals surface area contributed by atoms with Gasteiger partial charge in [0.25, 0.3) is 0 Å². The topological polar surface area (TPSA) is 72.6 Å². The zero-order valence-electron chi connectivity index (χ0n) is 7.72. The van der Waals surface area contributed by atoms with E-state index in [4.69, 9.17) is 15.6 Å². The van der Waals surface area contributed by atoms with Gasteiger partial charge in [0.05, 0.1) is 13.0 Å². The van der Waals surface area contributed by atoms with E-state index < -0.39 is 12.2 Å². The molecule has 3 N–H and O–H groups in total. The highest BCUT2D eigenvalue weighted by Gasteiger charge is 2.07. The molecule has 0 aliphatic rings. The van der Waals surface area contributed by atoms with Crippen LogP contribution in [0.1, 0.15) is 12.0 Å². The molecular weight excluding hydrogens is 182 g/mol. The summed E-state index contributed by atoms with van der Waals surface area (Å²) >= 11 is 0. The van der Waals surface area contributed by atoms with Crippen LogP contribution in [0.3, 0.4) is 0 Å². The monoisotopic (exact) mass is 195 g/mol. The van der Waals surface area contributed by atoms with Crippen LogP contribution < -0.4 is 5.73 Å². The summed E-state index contributed by atoms with van der Waals surface area (Å²) in [6, 6.07) is 9.48. The Morgan fingerprint density at radius 3 is 2.64 bits per heavy atom. The molecule has 0 aliphatic heterocycles. The van der Waals surface area contributed by atoms with Crippen molar-refractivity contribution >= 4 is 5.97 Å². The molecule has 0 amide bonds. The van der Waals surface area contributed by atoms with E-state index >= 15 is 0 Å². The largest absolute Gasteiger partial charge is 0.481 e. The molecule has 76 valence electrons. The van der Waals surface area contributed by atoms with Crippen molar-refractivity contribution in [3.05, 3.63) is 35.9 Å².